The van der Waals surface area contributed by atoms with Gasteiger partial charge in [0, 0.05) is 6.54 Å². The Balaban J connectivity index is 2.94. The first-order valence-electron chi connectivity index (χ1n) is 2.79. The zero-order valence-electron chi connectivity index (χ0n) is 5.21. The molecule has 0 fully saturated rings. The summed E-state index contributed by atoms with van der Waals surface area (Å²) in [6.45, 7) is 0.986. The van der Waals surface area contributed by atoms with Gasteiger partial charge in [-0.25, -0.2) is 0 Å². The molecule has 0 radical (unpaired) electrons. The summed E-state index contributed by atoms with van der Waals surface area (Å²) < 4.78 is 0. The summed E-state index contributed by atoms with van der Waals surface area (Å²) in [7, 11) is 0. The Morgan fingerprint density at radius 1 is 1.56 bits per heavy atom. The van der Waals surface area contributed by atoms with Crippen LogP contribution in [-0.2, 0) is 0 Å². The SMILES string of the molecule is NNCC/C=C/CN=O. The molecule has 0 aliphatic rings. The lowest BCUT2D eigenvalue weighted by atomic mass is 10.4. The third kappa shape index (κ3) is 7.26. The molecule has 9 heavy (non-hydrogen) atoms. The van der Waals surface area contributed by atoms with Gasteiger partial charge in [0.05, 0.1) is 6.54 Å². The third-order valence-corrected chi connectivity index (χ3v) is 0.802. The van der Waals surface area contributed by atoms with Crippen molar-refractivity contribution in [3.63, 3.8) is 0 Å². The quantitative estimate of drug-likeness (QED) is 0.183. The second kappa shape index (κ2) is 7.26. The van der Waals surface area contributed by atoms with E-state index in [-0.39, 0.29) is 6.54 Å². The maximum atomic E-state index is 9.50. The molecule has 0 spiro atoms. The Hall–Kier alpha value is -0.740. The second-order valence-corrected chi connectivity index (χ2v) is 1.53. The Bertz CT molecular complexity index is 92.2. The van der Waals surface area contributed by atoms with Crippen LogP contribution in [0.1, 0.15) is 6.42 Å². The summed E-state index contributed by atoms with van der Waals surface area (Å²) in [6, 6.07) is 0. The van der Waals surface area contributed by atoms with Gasteiger partial charge in [-0.2, -0.15) is 4.91 Å². The number of hydrogen-bond acceptors (Lipinski definition) is 4. The molecule has 0 amide bonds. The van der Waals surface area contributed by atoms with Gasteiger partial charge in [-0.1, -0.05) is 17.3 Å². The van der Waals surface area contributed by atoms with Gasteiger partial charge in [0.15, 0.2) is 0 Å². The lowest BCUT2D eigenvalue weighted by Gasteiger charge is -1.88. The molecule has 52 valence electrons. The van der Waals surface area contributed by atoms with Crippen molar-refractivity contribution in [3.8, 4) is 0 Å². The van der Waals surface area contributed by atoms with Crippen LogP contribution in [0.4, 0.5) is 0 Å². The van der Waals surface area contributed by atoms with E-state index in [1.807, 2.05) is 6.08 Å². The summed E-state index contributed by atoms with van der Waals surface area (Å²) in [5, 5.41) is 2.64. The van der Waals surface area contributed by atoms with Crippen LogP contribution in [0.25, 0.3) is 0 Å². The minimum atomic E-state index is 0.255. The van der Waals surface area contributed by atoms with Gasteiger partial charge in [0.1, 0.15) is 0 Å². The largest absolute Gasteiger partial charge is 0.271 e. The van der Waals surface area contributed by atoms with E-state index in [4.69, 9.17) is 5.84 Å². The molecule has 0 aromatic rings. The van der Waals surface area contributed by atoms with Crippen LogP contribution in [0.15, 0.2) is 17.3 Å². The smallest absolute Gasteiger partial charge is 0.0992 e. The lowest BCUT2D eigenvalue weighted by molar-refractivity contribution is 0.739. The van der Waals surface area contributed by atoms with Crippen LogP contribution in [0, 0.1) is 4.91 Å². The minimum absolute atomic E-state index is 0.255. The van der Waals surface area contributed by atoms with E-state index in [0.29, 0.717) is 0 Å². The Kier molecular flexibility index (Phi) is 6.66. The zero-order chi connectivity index (χ0) is 6.95. The average Bonchev–Trinajstić information content (AvgIpc) is 1.89. The van der Waals surface area contributed by atoms with Gasteiger partial charge < -0.3 is 0 Å². The maximum Gasteiger partial charge on any atom is 0.0992 e. The van der Waals surface area contributed by atoms with Crippen molar-refractivity contribution < 1.29 is 0 Å². The van der Waals surface area contributed by atoms with E-state index in [9.17, 15) is 4.91 Å². The molecule has 0 saturated carbocycles. The van der Waals surface area contributed by atoms with Crippen molar-refractivity contribution >= 4 is 0 Å². The van der Waals surface area contributed by atoms with Crippen molar-refractivity contribution in [1.82, 2.24) is 5.43 Å². The van der Waals surface area contributed by atoms with E-state index in [1.54, 1.807) is 6.08 Å². The van der Waals surface area contributed by atoms with Crippen molar-refractivity contribution in [1.29, 1.82) is 0 Å². The molecule has 0 saturated heterocycles. The summed E-state index contributed by atoms with van der Waals surface area (Å²) in [5.41, 5.74) is 2.48. The lowest BCUT2D eigenvalue weighted by Crippen LogP contribution is -2.22. The minimum Gasteiger partial charge on any atom is -0.271 e. The van der Waals surface area contributed by atoms with Gasteiger partial charge in [-0.05, 0) is 6.42 Å². The first kappa shape index (κ1) is 8.26. The summed E-state index contributed by atoms with van der Waals surface area (Å²) >= 11 is 0. The fraction of sp³-hybridized carbons (Fsp3) is 0.600. The van der Waals surface area contributed by atoms with E-state index in [2.05, 4.69) is 10.6 Å². The van der Waals surface area contributed by atoms with Crippen molar-refractivity contribution in [2.75, 3.05) is 13.1 Å². The molecular formula is C5H11N3O. The third-order valence-electron chi connectivity index (χ3n) is 0.802. The predicted molar refractivity (Wildman–Crippen MR) is 36.6 cm³/mol. The van der Waals surface area contributed by atoms with E-state index in [1.165, 1.54) is 0 Å². The molecule has 0 aliphatic carbocycles. The van der Waals surface area contributed by atoms with Crippen LogP contribution >= 0.6 is 0 Å². The molecule has 0 heterocycles. The fourth-order valence-corrected chi connectivity index (χ4v) is 0.402. The van der Waals surface area contributed by atoms with Gasteiger partial charge in [0.25, 0.3) is 0 Å². The topological polar surface area (TPSA) is 67.5 Å². The molecule has 4 nitrogen and oxygen atoms in total. The highest BCUT2D eigenvalue weighted by Crippen LogP contribution is 1.79. The number of rotatable bonds is 5. The van der Waals surface area contributed by atoms with E-state index in [0.717, 1.165) is 13.0 Å². The van der Waals surface area contributed by atoms with Crippen LogP contribution in [0.3, 0.4) is 0 Å². The molecule has 4 heteroatoms. The molecule has 3 N–H and O–H groups in total. The number of nitrogens with zero attached hydrogens (tertiary/aromatic N) is 1. The van der Waals surface area contributed by atoms with Crippen molar-refractivity contribution in [3.05, 3.63) is 17.1 Å². The predicted octanol–water partition coefficient (Wildman–Crippen LogP) is 0.162. The summed E-state index contributed by atoms with van der Waals surface area (Å²) in [4.78, 5) is 9.50. The Morgan fingerprint density at radius 3 is 2.89 bits per heavy atom. The number of nitroso groups, excluding NO2 is 1. The van der Waals surface area contributed by atoms with Crippen LogP contribution in [-0.4, -0.2) is 13.1 Å². The van der Waals surface area contributed by atoms with Crippen LogP contribution in [0.2, 0.25) is 0 Å². The second-order valence-electron chi connectivity index (χ2n) is 1.53. The highest BCUT2D eigenvalue weighted by atomic mass is 16.3. The number of hydrazine groups is 1. The standard InChI is InChI=1S/C5H11N3O/c6-7-4-2-1-3-5-8-9/h1,3,7H,2,4-6H2/b3-1+. The molecule has 0 bridgehead atoms. The molecule has 0 aliphatic heterocycles. The summed E-state index contributed by atoms with van der Waals surface area (Å²) in [6.07, 6.45) is 4.41. The van der Waals surface area contributed by atoms with Crippen LogP contribution < -0.4 is 11.3 Å². The zero-order valence-corrected chi connectivity index (χ0v) is 5.21. The van der Waals surface area contributed by atoms with Gasteiger partial charge in [-0.15, -0.1) is 0 Å². The van der Waals surface area contributed by atoms with Crippen molar-refractivity contribution in [2.24, 2.45) is 11.0 Å². The Labute approximate surface area is 54.1 Å². The van der Waals surface area contributed by atoms with E-state index >= 15 is 0 Å². The van der Waals surface area contributed by atoms with Crippen LogP contribution in [0.5, 0.6) is 0 Å². The fourth-order valence-electron chi connectivity index (χ4n) is 0.402. The number of nitrogens with one attached hydrogen (secondary N) is 1. The van der Waals surface area contributed by atoms with Gasteiger partial charge in [0.2, 0.25) is 0 Å². The average molecular weight is 129 g/mol. The Morgan fingerprint density at radius 2 is 2.33 bits per heavy atom. The molecule has 0 unspecified atom stereocenters. The molecule has 0 aromatic heterocycles. The van der Waals surface area contributed by atoms with E-state index < -0.39 is 0 Å². The van der Waals surface area contributed by atoms with Gasteiger partial charge in [-0.3, -0.25) is 11.3 Å². The summed E-state index contributed by atoms with van der Waals surface area (Å²) in [5.74, 6) is 4.97. The van der Waals surface area contributed by atoms with Gasteiger partial charge >= 0.3 is 0 Å². The normalized spacial score (nSPS) is 10.3. The highest BCUT2D eigenvalue weighted by Gasteiger charge is 1.75. The molecule has 0 rings (SSSR count). The first-order chi connectivity index (χ1) is 4.41. The highest BCUT2D eigenvalue weighted by molar-refractivity contribution is 4.83. The number of hydrogen-bond donors (Lipinski definition) is 2. The monoisotopic (exact) mass is 129 g/mol. The maximum absolute atomic E-state index is 9.50. The van der Waals surface area contributed by atoms with Crippen molar-refractivity contribution in [2.45, 2.75) is 6.42 Å². The first-order valence-corrected chi connectivity index (χ1v) is 2.79. The molecule has 0 atom stereocenters. The number of nitrogens with two attached hydrogens (primary N) is 1. The molecule has 0 aromatic carbocycles. The molecular weight excluding hydrogens is 118 g/mol.